The minimum atomic E-state index is 0.520. The van der Waals surface area contributed by atoms with E-state index in [0.29, 0.717) is 17.0 Å². The van der Waals surface area contributed by atoms with Gasteiger partial charge in [0.2, 0.25) is 0 Å². The molecule has 0 radical (unpaired) electrons. The van der Waals surface area contributed by atoms with E-state index in [9.17, 15) is 4.79 Å². The summed E-state index contributed by atoms with van der Waals surface area (Å²) in [6.07, 6.45) is 3.44. The number of rotatable bonds is 4. The minimum Gasteiger partial charge on any atom is -0.355 e. The molecule has 1 heterocycles. The number of nitrogens with zero attached hydrogens (tertiary/aromatic N) is 1. The summed E-state index contributed by atoms with van der Waals surface area (Å²) >= 11 is 0. The van der Waals surface area contributed by atoms with Crippen LogP contribution < -0.4 is 0 Å². The average molecular weight is 303 g/mol. The molecule has 0 bridgehead atoms. The van der Waals surface area contributed by atoms with Crippen molar-refractivity contribution in [1.29, 1.82) is 0 Å². The van der Waals surface area contributed by atoms with E-state index in [1.54, 1.807) is 6.92 Å². The summed E-state index contributed by atoms with van der Waals surface area (Å²) < 4.78 is 5.29. The lowest BCUT2D eigenvalue weighted by atomic mass is 10.00. The van der Waals surface area contributed by atoms with Crippen molar-refractivity contribution in [3.8, 4) is 22.5 Å². The Morgan fingerprint density at radius 1 is 0.957 bits per heavy atom. The fourth-order valence-electron chi connectivity index (χ4n) is 2.90. The highest BCUT2D eigenvalue weighted by Crippen LogP contribution is 2.40. The van der Waals surface area contributed by atoms with E-state index >= 15 is 0 Å². The molecule has 1 aliphatic carbocycles. The molecule has 23 heavy (non-hydrogen) atoms. The molecular weight excluding hydrogens is 286 g/mol. The number of benzene rings is 2. The Kier molecular flexibility index (Phi) is 3.34. The van der Waals surface area contributed by atoms with Gasteiger partial charge in [0.1, 0.15) is 0 Å². The van der Waals surface area contributed by atoms with Gasteiger partial charge in [-0.2, -0.15) is 0 Å². The normalized spacial score (nSPS) is 14.0. The zero-order valence-electron chi connectivity index (χ0n) is 13.0. The zero-order chi connectivity index (χ0) is 15.8. The zero-order valence-corrected chi connectivity index (χ0v) is 13.0. The third kappa shape index (κ3) is 2.59. The van der Waals surface area contributed by atoms with Crippen LogP contribution >= 0.6 is 0 Å². The third-order valence-corrected chi connectivity index (χ3v) is 4.47. The van der Waals surface area contributed by atoms with Crippen LogP contribution in [0.15, 0.2) is 53.1 Å². The second-order valence-corrected chi connectivity index (χ2v) is 6.10. The molecule has 0 saturated heterocycles. The van der Waals surface area contributed by atoms with Crippen LogP contribution in [0.3, 0.4) is 0 Å². The molecule has 1 aromatic heterocycles. The molecule has 4 rings (SSSR count). The second kappa shape index (κ2) is 5.51. The summed E-state index contributed by atoms with van der Waals surface area (Å²) in [4.78, 5) is 11.2. The molecule has 1 fully saturated rings. The molecule has 1 saturated carbocycles. The highest BCUT2D eigenvalue weighted by Gasteiger charge is 2.23. The lowest BCUT2D eigenvalue weighted by Crippen LogP contribution is -1.86. The fraction of sp³-hybridized carbons (Fsp3) is 0.200. The van der Waals surface area contributed by atoms with E-state index in [2.05, 4.69) is 29.4 Å². The second-order valence-electron chi connectivity index (χ2n) is 6.10. The third-order valence-electron chi connectivity index (χ3n) is 4.47. The van der Waals surface area contributed by atoms with Gasteiger partial charge in [0.15, 0.2) is 12.0 Å². The summed E-state index contributed by atoms with van der Waals surface area (Å²) in [5.41, 5.74) is 5.80. The van der Waals surface area contributed by atoms with Gasteiger partial charge in [-0.15, -0.1) is 0 Å². The number of carbonyl (C=O) groups is 1. The number of aldehydes is 1. The Morgan fingerprint density at radius 2 is 1.52 bits per heavy atom. The van der Waals surface area contributed by atoms with Crippen LogP contribution in [0.4, 0.5) is 0 Å². The molecule has 0 aliphatic heterocycles. The highest BCUT2D eigenvalue weighted by molar-refractivity contribution is 5.86. The van der Waals surface area contributed by atoms with Gasteiger partial charge in [-0.3, -0.25) is 4.79 Å². The molecule has 114 valence electrons. The van der Waals surface area contributed by atoms with Crippen molar-refractivity contribution in [3.63, 3.8) is 0 Å². The van der Waals surface area contributed by atoms with Gasteiger partial charge in [0.25, 0.3) is 0 Å². The van der Waals surface area contributed by atoms with E-state index in [-0.39, 0.29) is 0 Å². The van der Waals surface area contributed by atoms with Crippen LogP contribution in [0.5, 0.6) is 0 Å². The van der Waals surface area contributed by atoms with Crippen molar-refractivity contribution in [2.24, 2.45) is 0 Å². The van der Waals surface area contributed by atoms with Gasteiger partial charge in [0, 0.05) is 5.56 Å². The molecule has 0 amide bonds. The van der Waals surface area contributed by atoms with E-state index in [1.165, 1.54) is 24.0 Å². The number of aryl methyl sites for hydroxylation is 1. The maximum absolute atomic E-state index is 11.2. The molecule has 0 unspecified atom stereocenters. The van der Waals surface area contributed by atoms with Crippen molar-refractivity contribution in [2.75, 3.05) is 0 Å². The Bertz CT molecular complexity index is 840. The topological polar surface area (TPSA) is 43.1 Å². The van der Waals surface area contributed by atoms with E-state index in [4.69, 9.17) is 4.52 Å². The van der Waals surface area contributed by atoms with Gasteiger partial charge < -0.3 is 4.52 Å². The lowest BCUT2D eigenvalue weighted by molar-refractivity contribution is 0.112. The average Bonchev–Trinajstić information content (AvgIpc) is 3.38. The molecule has 1 aliphatic rings. The van der Waals surface area contributed by atoms with Gasteiger partial charge in [-0.1, -0.05) is 53.7 Å². The van der Waals surface area contributed by atoms with Gasteiger partial charge in [0.05, 0.1) is 11.3 Å². The quantitative estimate of drug-likeness (QED) is 0.636. The van der Waals surface area contributed by atoms with Crippen LogP contribution in [0.25, 0.3) is 22.5 Å². The number of hydrogen-bond acceptors (Lipinski definition) is 3. The van der Waals surface area contributed by atoms with Crippen LogP contribution in [0.2, 0.25) is 0 Å². The summed E-state index contributed by atoms with van der Waals surface area (Å²) in [7, 11) is 0. The number of aromatic nitrogens is 1. The lowest BCUT2D eigenvalue weighted by Gasteiger charge is -2.05. The maximum Gasteiger partial charge on any atom is 0.177 e. The molecule has 3 heteroatoms. The first-order chi connectivity index (χ1) is 11.3. The van der Waals surface area contributed by atoms with E-state index < -0.39 is 0 Å². The molecule has 3 nitrogen and oxygen atoms in total. The standard InChI is InChI=1S/C20H17NO2/c1-13-19(12-22)20(23-21-13)18-10-8-17(9-11-18)16-6-4-15(5-7-16)14-2-3-14/h4-12,14H,2-3H2,1H3. The highest BCUT2D eigenvalue weighted by atomic mass is 16.5. The minimum absolute atomic E-state index is 0.520. The van der Waals surface area contributed by atoms with Crippen molar-refractivity contribution in [2.45, 2.75) is 25.7 Å². The predicted octanol–water partition coefficient (Wildman–Crippen LogP) is 5.01. The first kappa shape index (κ1) is 13.9. The Morgan fingerprint density at radius 3 is 2.09 bits per heavy atom. The van der Waals surface area contributed by atoms with Gasteiger partial charge in [-0.05, 0) is 42.4 Å². The summed E-state index contributed by atoms with van der Waals surface area (Å²) in [6.45, 7) is 1.77. The molecule has 0 spiro atoms. The molecule has 3 aromatic rings. The first-order valence-corrected chi connectivity index (χ1v) is 7.88. The van der Waals surface area contributed by atoms with Crippen LogP contribution in [0.1, 0.15) is 40.4 Å². The van der Waals surface area contributed by atoms with Crippen molar-refractivity contribution >= 4 is 6.29 Å². The van der Waals surface area contributed by atoms with Crippen molar-refractivity contribution < 1.29 is 9.32 Å². The van der Waals surface area contributed by atoms with Crippen LogP contribution in [-0.4, -0.2) is 11.4 Å². The maximum atomic E-state index is 11.2. The molecule has 0 atom stereocenters. The monoisotopic (exact) mass is 303 g/mol. The Balaban J connectivity index is 1.63. The number of carbonyl (C=O) groups excluding carboxylic acids is 1. The molecule has 2 aromatic carbocycles. The fourth-order valence-corrected chi connectivity index (χ4v) is 2.90. The van der Waals surface area contributed by atoms with Crippen molar-refractivity contribution in [1.82, 2.24) is 5.16 Å². The Labute approximate surface area is 134 Å². The van der Waals surface area contributed by atoms with E-state index in [1.807, 2.05) is 24.3 Å². The van der Waals surface area contributed by atoms with Crippen LogP contribution in [-0.2, 0) is 0 Å². The first-order valence-electron chi connectivity index (χ1n) is 7.88. The molecule has 0 N–H and O–H groups in total. The largest absolute Gasteiger partial charge is 0.355 e. The van der Waals surface area contributed by atoms with Crippen LogP contribution in [0, 0.1) is 6.92 Å². The summed E-state index contributed by atoms with van der Waals surface area (Å²) in [6, 6.07) is 16.8. The smallest absolute Gasteiger partial charge is 0.177 e. The summed E-state index contributed by atoms with van der Waals surface area (Å²) in [5.74, 6) is 1.32. The van der Waals surface area contributed by atoms with Gasteiger partial charge in [-0.25, -0.2) is 0 Å². The van der Waals surface area contributed by atoms with Gasteiger partial charge >= 0.3 is 0 Å². The SMILES string of the molecule is Cc1noc(-c2ccc(-c3ccc(C4CC4)cc3)cc2)c1C=O. The molecular formula is C20H17NO2. The van der Waals surface area contributed by atoms with Crippen molar-refractivity contribution in [3.05, 3.63) is 65.4 Å². The Hall–Kier alpha value is -2.68. The van der Waals surface area contributed by atoms with E-state index in [0.717, 1.165) is 23.3 Å². The predicted molar refractivity (Wildman–Crippen MR) is 89.5 cm³/mol. The number of hydrogen-bond donors (Lipinski definition) is 0. The summed E-state index contributed by atoms with van der Waals surface area (Å²) in [5, 5.41) is 3.87.